The zero-order valence-corrected chi connectivity index (χ0v) is 95.2. The first-order valence-electron chi connectivity index (χ1n) is 50.0. The molecule has 141 heavy (non-hydrogen) atoms. The lowest BCUT2D eigenvalue weighted by Crippen LogP contribution is -2.28. The molecular formula is C114H145I3N12O8S4. The summed E-state index contributed by atoms with van der Waals surface area (Å²) in [4.78, 5) is 85.4. The first kappa shape index (κ1) is 113. The maximum Gasteiger partial charge on any atom is 0.236 e. The van der Waals surface area contributed by atoms with Gasteiger partial charge in [-0.3, -0.25) is 38.8 Å². The number of carbonyl (C=O) groups excluding carboxylic acids is 4. The highest BCUT2D eigenvalue weighted by Gasteiger charge is 2.55. The lowest BCUT2D eigenvalue weighted by molar-refractivity contribution is -0.119. The number of aromatic nitrogens is 4. The van der Waals surface area contributed by atoms with Crippen LogP contribution in [0, 0.1) is 55.4 Å². The van der Waals surface area contributed by atoms with Gasteiger partial charge in [0, 0.05) is 148 Å². The molecule has 12 aromatic rings. The van der Waals surface area contributed by atoms with E-state index >= 15 is 0 Å². The van der Waals surface area contributed by atoms with Gasteiger partial charge in [-0.05, 0) is 221 Å². The monoisotopic (exact) mass is 2320 g/mol. The van der Waals surface area contributed by atoms with Crippen LogP contribution in [0.2, 0.25) is 0 Å². The van der Waals surface area contributed by atoms with Gasteiger partial charge in [-0.2, -0.15) is 0 Å². The van der Waals surface area contributed by atoms with Gasteiger partial charge < -0.3 is 41.0 Å². The number of carbonyl (C=O) groups is 4. The molecule has 8 heterocycles. The Hall–Kier alpha value is -7.97. The number of aryl methyl sites for hydroxylation is 8. The number of thiazole rings is 4. The van der Waals surface area contributed by atoms with E-state index in [-0.39, 0.29) is 96.2 Å². The molecule has 20 rings (SSSR count). The third kappa shape index (κ3) is 27.7. The van der Waals surface area contributed by atoms with Crippen LogP contribution >= 0.6 is 107 Å². The molecule has 6 N–H and O–H groups in total. The van der Waals surface area contributed by atoms with Gasteiger partial charge in [0.05, 0.1) is 70.2 Å². The molecule has 8 atom stereocenters. The molecule has 8 aliphatic rings. The van der Waals surface area contributed by atoms with Gasteiger partial charge in [-0.1, -0.05) is 295 Å². The number of aliphatic hydroxyl groups excluding tert-OH is 2. The summed E-state index contributed by atoms with van der Waals surface area (Å²) in [5, 5.41) is 35.3. The summed E-state index contributed by atoms with van der Waals surface area (Å²) in [6, 6.07) is 67.5. The topological polar surface area (TPSA) is 240 Å². The number of aliphatic hydroxyl groups is 2. The molecule has 4 aliphatic heterocycles. The van der Waals surface area contributed by atoms with Crippen LogP contribution in [0.25, 0.3) is 0 Å². The molecule has 0 radical (unpaired) electrons. The van der Waals surface area contributed by atoms with Crippen molar-refractivity contribution in [3.8, 4) is 0 Å². The summed E-state index contributed by atoms with van der Waals surface area (Å²) in [5.74, 6) is 0.191. The van der Waals surface area contributed by atoms with Crippen molar-refractivity contribution in [3.63, 3.8) is 0 Å². The number of ether oxygens (including phenoxy) is 2. The molecule has 8 fully saturated rings. The van der Waals surface area contributed by atoms with Crippen LogP contribution < -0.4 is 21.3 Å². The van der Waals surface area contributed by atoms with Gasteiger partial charge in [-0.25, -0.2) is 19.9 Å². The summed E-state index contributed by atoms with van der Waals surface area (Å²) in [5.41, 5.74) is 17.5. The third-order valence-corrected chi connectivity index (χ3v) is 32.2. The molecule has 20 nitrogen and oxygen atoms in total. The lowest BCUT2D eigenvalue weighted by Gasteiger charge is -2.27. The van der Waals surface area contributed by atoms with Crippen molar-refractivity contribution in [2.24, 2.45) is 0 Å². The fourth-order valence-electron chi connectivity index (χ4n) is 19.1. The number of nitrogens with zero attached hydrogens (tertiary/aromatic N) is 8. The summed E-state index contributed by atoms with van der Waals surface area (Å²) in [7, 11) is 3.57. The zero-order valence-electron chi connectivity index (χ0n) is 85.3. The Bertz CT molecular complexity index is 5630. The van der Waals surface area contributed by atoms with Crippen molar-refractivity contribution in [1.82, 2.24) is 39.5 Å². The van der Waals surface area contributed by atoms with Crippen LogP contribution in [-0.2, 0) is 50.3 Å². The quantitative estimate of drug-likeness (QED) is 0.0276. The molecular weight excluding hydrogens is 2170 g/mol. The average Bonchev–Trinajstić information content (AvgIpc) is 1.60. The van der Waals surface area contributed by atoms with E-state index in [0.717, 1.165) is 158 Å². The number of benzene rings is 8. The molecule has 4 amide bonds. The minimum atomic E-state index is -0.428. The second-order valence-corrected chi connectivity index (χ2v) is 41.3. The van der Waals surface area contributed by atoms with Crippen LogP contribution in [-0.4, -0.2) is 164 Å². The summed E-state index contributed by atoms with van der Waals surface area (Å²) < 4.78 is 11.2. The largest absolute Gasteiger partial charge is 0.392 e. The number of β-amino-alcohol motifs (C(OH)–C–C–N with tert-alkyl or cyclic N) is 2. The molecule has 4 saturated carbocycles. The highest BCUT2D eigenvalue weighted by molar-refractivity contribution is 15.0. The van der Waals surface area contributed by atoms with E-state index in [0.29, 0.717) is 33.6 Å². The Kier molecular flexibility index (Phi) is 42.9. The Morgan fingerprint density at radius 1 is 0.326 bits per heavy atom. The third-order valence-electron chi connectivity index (χ3n) is 28.4. The van der Waals surface area contributed by atoms with E-state index in [9.17, 15) is 29.4 Å². The van der Waals surface area contributed by atoms with Crippen LogP contribution in [0.5, 0.6) is 0 Å². The normalized spacial score (nSPS) is 19.2. The van der Waals surface area contributed by atoms with Crippen LogP contribution in [0.4, 0.5) is 20.5 Å². The van der Waals surface area contributed by atoms with Gasteiger partial charge in [0.1, 0.15) is 0 Å². The van der Waals surface area contributed by atoms with Gasteiger partial charge in [0.2, 0.25) is 23.6 Å². The second-order valence-electron chi connectivity index (χ2n) is 37.0. The molecule has 4 saturated heterocycles. The van der Waals surface area contributed by atoms with E-state index in [2.05, 4.69) is 299 Å². The molecule has 0 spiro atoms. The zero-order chi connectivity index (χ0) is 101. The molecule has 0 bridgehead atoms. The number of hydrogen-bond acceptors (Lipinski definition) is 20. The maximum absolute atomic E-state index is 13.3. The number of likely N-dealkylation sites (tertiary alicyclic amines) is 4. The van der Waals surface area contributed by atoms with E-state index in [1.807, 2.05) is 129 Å². The van der Waals surface area contributed by atoms with Crippen molar-refractivity contribution in [3.05, 3.63) is 327 Å². The maximum atomic E-state index is 13.3. The van der Waals surface area contributed by atoms with Crippen molar-refractivity contribution >= 4 is 151 Å². The minimum Gasteiger partial charge on any atom is -0.392 e. The highest BCUT2D eigenvalue weighted by Crippen LogP contribution is 2.54. The number of hydrogen-bond donors (Lipinski definition) is 6. The molecule has 4 aromatic heterocycles. The Morgan fingerprint density at radius 3 is 0.709 bits per heavy atom. The standard InChI is InChI=1S/2C27H31N3O2S.2C26H29N3O2S.4C2H6.I2.HI/c2*1-18-9-10-21(15-19(18)2)27(12-13-27)25(31)29-26-28-16-23(33-26)24(20-7-5-4-6-8-20)30-14-11-22(17-30)32-3;2*1-17-8-9-20(14-18(17)2)26(11-12-26)24(31)28-25-27-15-22(32-25)23(19-6-4-3-5-7-19)29-13-10-21(30)16-29;5*1-2;/h2*4-10,15-16,22,24H,11-14,17H2,1-3H3,(H,28,29,31);2*3-9,14-15,21,23,30H,10-13,16H2,1-2H3,(H,27,28,31);4*1-2H3;;1H/t22-,24+;22-,24-;21-,23+;21-,23-;;;;;;/m1111....../s1. The van der Waals surface area contributed by atoms with Gasteiger partial charge >= 0.3 is 0 Å². The Labute approximate surface area is 894 Å². The fourth-order valence-corrected chi connectivity index (χ4v) is 23.0. The highest BCUT2D eigenvalue weighted by atomic mass is 128. The summed E-state index contributed by atoms with van der Waals surface area (Å²) in [6.45, 7) is 39.5. The smallest absolute Gasteiger partial charge is 0.236 e. The molecule has 27 heteroatoms. The van der Waals surface area contributed by atoms with Crippen LogP contribution in [0.15, 0.2) is 219 Å². The molecule has 4 aliphatic carbocycles. The first-order valence-corrected chi connectivity index (χ1v) is 59.6. The molecule has 754 valence electrons. The number of methoxy groups -OCH3 is 2. The van der Waals surface area contributed by atoms with Crippen LogP contribution in [0.1, 0.15) is 265 Å². The van der Waals surface area contributed by atoms with Crippen molar-refractivity contribution in [2.45, 2.75) is 258 Å². The predicted octanol–water partition coefficient (Wildman–Crippen LogP) is 26.1. The van der Waals surface area contributed by atoms with E-state index in [4.69, 9.17) is 9.47 Å². The van der Waals surface area contributed by atoms with E-state index < -0.39 is 21.7 Å². The number of anilines is 4. The minimum absolute atomic E-state index is 0. The van der Waals surface area contributed by atoms with Gasteiger partial charge in [-0.15, -0.1) is 24.0 Å². The first-order chi connectivity index (χ1) is 67.9. The Morgan fingerprint density at radius 2 is 0.532 bits per heavy atom. The van der Waals surface area contributed by atoms with E-state index in [1.54, 1.807) is 36.9 Å². The Balaban J connectivity index is 0.000000174. The lowest BCUT2D eigenvalue weighted by atomic mass is 9.92. The number of rotatable bonds is 26. The number of nitrogens with one attached hydrogen (secondary N) is 4. The summed E-state index contributed by atoms with van der Waals surface area (Å²) >= 11 is 10.5. The van der Waals surface area contributed by atoms with Crippen molar-refractivity contribution < 1.29 is 38.9 Å². The van der Waals surface area contributed by atoms with Gasteiger partial charge in [0.15, 0.2) is 20.5 Å². The van der Waals surface area contributed by atoms with Crippen LogP contribution in [0.3, 0.4) is 0 Å². The SMILES string of the molecule is CC.CC.CC.CC.CO[C@@H]1CCN([C@@H](c2ccccc2)c2cnc(NC(=O)C3(c4ccc(C)c(C)c4)CC3)s2)C1.CO[C@@H]1CCN([C@H](c2ccccc2)c2cnc(NC(=O)C3(c4ccc(C)c(C)c4)CC3)s2)C1.Cc1ccc(C2(C(=O)Nc3ncc([C@@H](c4ccccc4)N4CC[C@@H](O)C4)s3)CC2)cc1C.Cc1ccc(C2(C(=O)Nc3ncc([C@H](c4ccccc4)N4CC[C@@H](O)C4)s3)CC2)cc1C.I.II. The van der Waals surface area contributed by atoms with Crippen molar-refractivity contribution in [1.29, 1.82) is 0 Å². The number of halogens is 3. The second kappa shape index (κ2) is 53.4. The molecule has 8 aromatic carbocycles. The van der Waals surface area contributed by atoms with Gasteiger partial charge in [0.25, 0.3) is 0 Å². The molecule has 0 unspecified atom stereocenters. The fraction of sp³-hybridized carbons (Fsp3) is 0.439. The number of amides is 4. The average molecular weight is 2320 g/mol. The predicted molar refractivity (Wildman–Crippen MR) is 611 cm³/mol. The summed E-state index contributed by atoms with van der Waals surface area (Å²) in [6.07, 6.45) is 18.2. The van der Waals surface area contributed by atoms with Crippen molar-refractivity contribution in [2.75, 3.05) is 87.8 Å². The van der Waals surface area contributed by atoms with E-state index in [1.165, 1.54) is 89.4 Å².